The van der Waals surface area contributed by atoms with Gasteiger partial charge >= 0.3 is 6.09 Å². The summed E-state index contributed by atoms with van der Waals surface area (Å²) in [5.41, 5.74) is 0.694. The van der Waals surface area contributed by atoms with Crippen LogP contribution in [0.1, 0.15) is 53.8 Å². The summed E-state index contributed by atoms with van der Waals surface area (Å²) in [5, 5.41) is 19.3. The first-order valence-electron chi connectivity index (χ1n) is 10.3. The minimum Gasteiger partial charge on any atom is -0.449 e. The molecule has 1 aromatic carbocycles. The molecule has 0 radical (unpaired) electrons. The highest BCUT2D eigenvalue weighted by atomic mass is 16.6. The van der Waals surface area contributed by atoms with Gasteiger partial charge in [-0.2, -0.15) is 0 Å². The van der Waals surface area contributed by atoms with Gasteiger partial charge in [-0.05, 0) is 51.5 Å². The van der Waals surface area contributed by atoms with Gasteiger partial charge in [0.15, 0.2) is 5.82 Å². The molecule has 0 aliphatic heterocycles. The molecule has 2 rings (SSSR count). The molecule has 1 heterocycles. The summed E-state index contributed by atoms with van der Waals surface area (Å²) in [6.45, 7) is 11.7. The van der Waals surface area contributed by atoms with Crippen LogP contribution in [0.25, 0.3) is 11.4 Å². The fourth-order valence-electron chi connectivity index (χ4n) is 2.25. The normalized spacial score (nSPS) is 11.7. The molecule has 1 aromatic heterocycles. The minimum atomic E-state index is -0.466. The topological polar surface area (TPSA) is 110 Å². The molecule has 9 nitrogen and oxygen atoms in total. The van der Waals surface area contributed by atoms with Gasteiger partial charge < -0.3 is 15.0 Å². The highest BCUT2D eigenvalue weighted by molar-refractivity contribution is 5.94. The second kappa shape index (κ2) is 9.80. The predicted molar refractivity (Wildman–Crippen MR) is 118 cm³/mol. The van der Waals surface area contributed by atoms with Gasteiger partial charge in [-0.3, -0.25) is 4.79 Å². The number of anilines is 1. The quantitative estimate of drug-likeness (QED) is 0.698. The molecule has 0 aliphatic rings. The van der Waals surface area contributed by atoms with E-state index in [0.717, 1.165) is 5.56 Å². The SMILES string of the molecule is CN(C(=O)OCCCc1nnc(-c2ccc(NC(=O)C(C)(C)C)cc2)nn1)C(C)(C)C. The van der Waals surface area contributed by atoms with Crippen molar-refractivity contribution in [2.24, 2.45) is 5.41 Å². The molecule has 2 amide bonds. The maximum absolute atomic E-state index is 12.1. The van der Waals surface area contributed by atoms with Gasteiger partial charge in [0.25, 0.3) is 0 Å². The zero-order valence-corrected chi connectivity index (χ0v) is 19.4. The Balaban J connectivity index is 1.85. The maximum Gasteiger partial charge on any atom is 0.409 e. The Bertz CT molecular complexity index is 883. The van der Waals surface area contributed by atoms with Crippen LogP contribution in [0.5, 0.6) is 0 Å². The smallest absolute Gasteiger partial charge is 0.409 e. The van der Waals surface area contributed by atoms with Gasteiger partial charge in [-0.1, -0.05) is 20.8 Å². The average molecular weight is 429 g/mol. The van der Waals surface area contributed by atoms with Gasteiger partial charge in [0.05, 0.1) is 6.61 Å². The van der Waals surface area contributed by atoms with Crippen molar-refractivity contribution in [1.29, 1.82) is 0 Å². The standard InChI is InChI=1S/C22H32N6O3/c1-21(2,3)19(29)23-16-12-10-15(11-13-16)18-26-24-17(25-27-18)9-8-14-31-20(30)28(7)22(4,5)6/h10-13H,8-9,14H2,1-7H3,(H,23,29). The Morgan fingerprint density at radius 3 is 2.06 bits per heavy atom. The van der Waals surface area contributed by atoms with Crippen LogP contribution in [0.2, 0.25) is 0 Å². The molecule has 0 spiro atoms. The summed E-state index contributed by atoms with van der Waals surface area (Å²) in [7, 11) is 1.71. The van der Waals surface area contributed by atoms with Crippen LogP contribution in [0.3, 0.4) is 0 Å². The van der Waals surface area contributed by atoms with Crippen molar-refractivity contribution < 1.29 is 14.3 Å². The van der Waals surface area contributed by atoms with Gasteiger partial charge in [0.1, 0.15) is 0 Å². The first-order chi connectivity index (χ1) is 14.4. The van der Waals surface area contributed by atoms with E-state index in [9.17, 15) is 9.59 Å². The Morgan fingerprint density at radius 1 is 0.968 bits per heavy atom. The summed E-state index contributed by atoms with van der Waals surface area (Å²) in [6.07, 6.45) is 0.723. The van der Waals surface area contributed by atoms with Crippen LogP contribution in [-0.2, 0) is 16.0 Å². The molecule has 0 unspecified atom stereocenters. The third-order valence-electron chi connectivity index (χ3n) is 4.65. The Kier molecular flexibility index (Phi) is 7.65. The predicted octanol–water partition coefficient (Wildman–Crippen LogP) is 3.72. The molecule has 0 saturated heterocycles. The van der Waals surface area contributed by atoms with Gasteiger partial charge in [-0.15, -0.1) is 20.4 Å². The summed E-state index contributed by atoms with van der Waals surface area (Å²) in [5.74, 6) is 0.827. The number of ether oxygens (including phenoxy) is 1. The van der Waals surface area contributed by atoms with Crippen LogP contribution >= 0.6 is 0 Å². The van der Waals surface area contributed by atoms with Crippen LogP contribution < -0.4 is 5.32 Å². The second-order valence-corrected chi connectivity index (χ2v) is 9.37. The number of amides is 2. The third-order valence-corrected chi connectivity index (χ3v) is 4.65. The van der Waals surface area contributed by atoms with E-state index in [4.69, 9.17) is 4.74 Å². The maximum atomic E-state index is 12.1. The largest absolute Gasteiger partial charge is 0.449 e. The minimum absolute atomic E-state index is 0.0556. The molecule has 0 bridgehead atoms. The Labute approximate surface area is 183 Å². The Hall–Kier alpha value is -3.10. The molecular weight excluding hydrogens is 396 g/mol. The number of aromatic nitrogens is 4. The van der Waals surface area contributed by atoms with E-state index in [-0.39, 0.29) is 24.1 Å². The van der Waals surface area contributed by atoms with E-state index in [2.05, 4.69) is 25.7 Å². The van der Waals surface area contributed by atoms with Crippen molar-refractivity contribution in [3.8, 4) is 11.4 Å². The van der Waals surface area contributed by atoms with E-state index in [1.54, 1.807) is 24.1 Å². The molecule has 0 atom stereocenters. The van der Waals surface area contributed by atoms with Crippen LogP contribution in [0.4, 0.5) is 10.5 Å². The number of benzene rings is 1. The number of rotatable bonds is 6. The number of hydrogen-bond donors (Lipinski definition) is 1. The lowest BCUT2D eigenvalue weighted by Crippen LogP contribution is -2.42. The lowest BCUT2D eigenvalue weighted by atomic mass is 9.95. The monoisotopic (exact) mass is 428 g/mol. The van der Waals surface area contributed by atoms with Crippen molar-refractivity contribution in [3.63, 3.8) is 0 Å². The summed E-state index contributed by atoms with van der Waals surface area (Å²) < 4.78 is 5.27. The fraction of sp³-hybridized carbons (Fsp3) is 0.545. The molecular formula is C22H32N6O3. The first-order valence-corrected chi connectivity index (χ1v) is 10.3. The van der Waals surface area contributed by atoms with Crippen molar-refractivity contribution >= 4 is 17.7 Å². The third kappa shape index (κ3) is 7.27. The number of nitrogens with zero attached hydrogens (tertiary/aromatic N) is 5. The summed E-state index contributed by atoms with van der Waals surface area (Å²) in [4.78, 5) is 25.6. The zero-order valence-electron chi connectivity index (χ0n) is 19.4. The van der Waals surface area contributed by atoms with E-state index >= 15 is 0 Å². The van der Waals surface area contributed by atoms with Crippen LogP contribution in [0.15, 0.2) is 24.3 Å². The van der Waals surface area contributed by atoms with Crippen molar-refractivity contribution in [3.05, 3.63) is 30.1 Å². The van der Waals surface area contributed by atoms with Crippen molar-refractivity contribution in [1.82, 2.24) is 25.3 Å². The molecule has 0 fully saturated rings. The van der Waals surface area contributed by atoms with E-state index in [0.29, 0.717) is 30.2 Å². The molecule has 1 N–H and O–H groups in total. The number of aryl methyl sites for hydroxylation is 1. The molecule has 2 aromatic rings. The highest BCUT2D eigenvalue weighted by Gasteiger charge is 2.23. The Morgan fingerprint density at radius 2 is 1.55 bits per heavy atom. The first kappa shape index (κ1) is 24.2. The molecule has 9 heteroatoms. The highest BCUT2D eigenvalue weighted by Crippen LogP contribution is 2.20. The second-order valence-electron chi connectivity index (χ2n) is 9.37. The van der Waals surface area contributed by atoms with Gasteiger partial charge in [0.2, 0.25) is 11.7 Å². The number of carbonyl (C=O) groups is 2. The van der Waals surface area contributed by atoms with Crippen LogP contribution in [0, 0.1) is 5.41 Å². The van der Waals surface area contributed by atoms with Crippen LogP contribution in [-0.4, -0.2) is 56.5 Å². The number of hydrogen-bond acceptors (Lipinski definition) is 7. The lowest BCUT2D eigenvalue weighted by molar-refractivity contribution is -0.123. The average Bonchev–Trinajstić information content (AvgIpc) is 2.70. The molecule has 31 heavy (non-hydrogen) atoms. The van der Waals surface area contributed by atoms with E-state index < -0.39 is 5.41 Å². The molecule has 0 aliphatic carbocycles. The van der Waals surface area contributed by atoms with Gasteiger partial charge in [-0.25, -0.2) is 4.79 Å². The molecule has 0 saturated carbocycles. The zero-order chi connectivity index (χ0) is 23.2. The summed E-state index contributed by atoms with van der Waals surface area (Å²) >= 11 is 0. The molecule has 168 valence electrons. The number of nitrogens with one attached hydrogen (secondary N) is 1. The summed E-state index contributed by atoms with van der Waals surface area (Å²) in [6, 6.07) is 7.20. The van der Waals surface area contributed by atoms with E-state index in [1.807, 2.05) is 53.7 Å². The van der Waals surface area contributed by atoms with E-state index in [1.165, 1.54) is 0 Å². The van der Waals surface area contributed by atoms with Crippen molar-refractivity contribution in [2.45, 2.75) is 59.9 Å². The number of carbonyl (C=O) groups excluding carboxylic acids is 2. The van der Waals surface area contributed by atoms with Gasteiger partial charge in [0, 0.05) is 35.7 Å². The lowest BCUT2D eigenvalue weighted by Gasteiger charge is -2.30. The fourth-order valence-corrected chi connectivity index (χ4v) is 2.25. The van der Waals surface area contributed by atoms with Crippen molar-refractivity contribution in [2.75, 3.05) is 19.0 Å².